The number of rotatable bonds is 6. The second-order valence-electron chi connectivity index (χ2n) is 4.63. The molecule has 114 valence electrons. The fraction of sp³-hybridized carbons (Fsp3) is 0.333. The van der Waals surface area contributed by atoms with E-state index in [0.717, 1.165) is 6.42 Å². The Hall–Kier alpha value is -2.50. The average molecular weight is 292 g/mol. The second kappa shape index (κ2) is 7.94. The van der Waals surface area contributed by atoms with E-state index in [1.54, 1.807) is 6.07 Å². The molecule has 6 nitrogen and oxygen atoms in total. The number of aromatic hydroxyl groups is 2. The van der Waals surface area contributed by atoms with Crippen molar-refractivity contribution in [3.8, 4) is 11.5 Å². The van der Waals surface area contributed by atoms with Crippen LogP contribution in [0.1, 0.15) is 32.3 Å². The van der Waals surface area contributed by atoms with Crippen LogP contribution in [0.15, 0.2) is 24.3 Å². The van der Waals surface area contributed by atoms with Gasteiger partial charge in [0.2, 0.25) is 11.8 Å². The zero-order valence-corrected chi connectivity index (χ0v) is 12.1. The minimum Gasteiger partial charge on any atom is -0.504 e. The van der Waals surface area contributed by atoms with Gasteiger partial charge in [0.15, 0.2) is 11.5 Å². The summed E-state index contributed by atoms with van der Waals surface area (Å²) in [6, 6.07) is 4.25. The molecule has 0 radical (unpaired) electrons. The summed E-state index contributed by atoms with van der Waals surface area (Å²) in [6.07, 6.45) is 3.86. The summed E-state index contributed by atoms with van der Waals surface area (Å²) in [4.78, 5) is 22.8. The van der Waals surface area contributed by atoms with Gasteiger partial charge in [-0.05, 0) is 30.2 Å². The van der Waals surface area contributed by atoms with E-state index in [9.17, 15) is 19.8 Å². The van der Waals surface area contributed by atoms with Crippen molar-refractivity contribution in [3.05, 3.63) is 29.8 Å². The van der Waals surface area contributed by atoms with Crippen LogP contribution in [0.3, 0.4) is 0 Å². The topological polar surface area (TPSA) is 98.7 Å². The molecule has 0 saturated heterocycles. The van der Waals surface area contributed by atoms with Gasteiger partial charge < -0.3 is 20.8 Å². The Balaban J connectivity index is 2.63. The van der Waals surface area contributed by atoms with E-state index in [-0.39, 0.29) is 23.3 Å². The first-order chi connectivity index (χ1) is 9.92. The average Bonchev–Trinajstić information content (AvgIpc) is 2.39. The molecule has 21 heavy (non-hydrogen) atoms. The van der Waals surface area contributed by atoms with Crippen molar-refractivity contribution >= 4 is 17.9 Å². The number of amides is 2. The number of benzene rings is 1. The molecule has 0 aromatic heterocycles. The number of carbonyl (C=O) groups excluding carboxylic acids is 2. The maximum atomic E-state index is 11.8. The molecule has 0 fully saturated rings. The van der Waals surface area contributed by atoms with E-state index in [1.807, 2.05) is 6.92 Å². The number of hydrogen-bond donors (Lipinski definition) is 4. The Bertz CT molecular complexity index is 540. The quantitative estimate of drug-likeness (QED) is 0.363. The Labute approximate surface area is 123 Å². The fourth-order valence-electron chi connectivity index (χ4n) is 1.75. The van der Waals surface area contributed by atoms with Crippen molar-refractivity contribution in [1.82, 2.24) is 10.6 Å². The third kappa shape index (κ3) is 5.99. The standard InChI is InChI=1S/C15H20N2O4/c1-3-4-14(16-10(2)18)17-15(21)8-6-11-5-7-12(19)13(20)9-11/h5-9,14,19-20H,3-4H2,1-2H3,(H,16,18)(H,17,21). The van der Waals surface area contributed by atoms with Gasteiger partial charge in [0, 0.05) is 13.0 Å². The van der Waals surface area contributed by atoms with Gasteiger partial charge in [0.25, 0.3) is 0 Å². The molecule has 2 amide bonds. The molecule has 0 saturated carbocycles. The minimum atomic E-state index is -0.405. The van der Waals surface area contributed by atoms with Gasteiger partial charge in [0.05, 0.1) is 0 Å². The minimum absolute atomic E-state index is 0.207. The first-order valence-corrected chi connectivity index (χ1v) is 6.70. The third-order valence-corrected chi connectivity index (χ3v) is 2.70. The lowest BCUT2D eigenvalue weighted by molar-refractivity contribution is -0.121. The smallest absolute Gasteiger partial charge is 0.245 e. The van der Waals surface area contributed by atoms with E-state index in [1.165, 1.54) is 31.2 Å². The fourth-order valence-corrected chi connectivity index (χ4v) is 1.75. The van der Waals surface area contributed by atoms with Crippen molar-refractivity contribution in [2.45, 2.75) is 32.9 Å². The van der Waals surface area contributed by atoms with E-state index >= 15 is 0 Å². The summed E-state index contributed by atoms with van der Waals surface area (Å²) in [5.41, 5.74) is 0.576. The third-order valence-electron chi connectivity index (χ3n) is 2.70. The predicted octanol–water partition coefficient (Wildman–Crippen LogP) is 1.49. The van der Waals surface area contributed by atoms with Crippen molar-refractivity contribution in [3.63, 3.8) is 0 Å². The van der Waals surface area contributed by atoms with Crippen LogP contribution in [0.25, 0.3) is 6.08 Å². The largest absolute Gasteiger partial charge is 0.504 e. The van der Waals surface area contributed by atoms with Gasteiger partial charge >= 0.3 is 0 Å². The molecular formula is C15H20N2O4. The summed E-state index contributed by atoms with van der Waals surface area (Å²) in [5, 5.41) is 23.9. The summed E-state index contributed by atoms with van der Waals surface area (Å²) in [6.45, 7) is 3.35. The maximum absolute atomic E-state index is 11.8. The SMILES string of the molecule is CCCC(NC(C)=O)NC(=O)C=Cc1ccc(O)c(O)c1. The molecule has 1 aromatic rings. The molecular weight excluding hydrogens is 272 g/mol. The van der Waals surface area contributed by atoms with Crippen LogP contribution < -0.4 is 10.6 Å². The predicted molar refractivity (Wildman–Crippen MR) is 79.5 cm³/mol. The molecule has 1 rings (SSSR count). The summed E-state index contributed by atoms with van der Waals surface area (Å²) in [5.74, 6) is -1.03. The van der Waals surface area contributed by atoms with Gasteiger partial charge in [-0.25, -0.2) is 0 Å². The van der Waals surface area contributed by atoms with Crippen LogP contribution in [-0.4, -0.2) is 28.2 Å². The van der Waals surface area contributed by atoms with E-state index < -0.39 is 6.17 Å². The van der Waals surface area contributed by atoms with Gasteiger partial charge in [-0.2, -0.15) is 0 Å². The molecule has 0 heterocycles. The van der Waals surface area contributed by atoms with Crippen molar-refractivity contribution in [1.29, 1.82) is 0 Å². The van der Waals surface area contributed by atoms with Crippen LogP contribution in [0.4, 0.5) is 0 Å². The highest BCUT2D eigenvalue weighted by Gasteiger charge is 2.10. The number of hydrogen-bond acceptors (Lipinski definition) is 4. The lowest BCUT2D eigenvalue weighted by atomic mass is 10.2. The Morgan fingerprint density at radius 2 is 1.95 bits per heavy atom. The van der Waals surface area contributed by atoms with E-state index in [0.29, 0.717) is 12.0 Å². The monoisotopic (exact) mass is 292 g/mol. The zero-order chi connectivity index (χ0) is 15.8. The van der Waals surface area contributed by atoms with Gasteiger partial charge in [-0.1, -0.05) is 19.4 Å². The van der Waals surface area contributed by atoms with Crippen molar-refractivity contribution < 1.29 is 19.8 Å². The number of carbonyl (C=O) groups is 2. The highest BCUT2D eigenvalue weighted by atomic mass is 16.3. The van der Waals surface area contributed by atoms with Crippen LogP contribution in [0.2, 0.25) is 0 Å². The molecule has 0 spiro atoms. The normalized spacial score (nSPS) is 12.1. The van der Waals surface area contributed by atoms with Gasteiger partial charge in [-0.15, -0.1) is 0 Å². The first kappa shape index (κ1) is 16.6. The zero-order valence-electron chi connectivity index (χ0n) is 12.1. The van der Waals surface area contributed by atoms with E-state index in [2.05, 4.69) is 10.6 Å². The molecule has 0 aliphatic rings. The van der Waals surface area contributed by atoms with Gasteiger partial charge in [0.1, 0.15) is 6.17 Å². The summed E-state index contributed by atoms with van der Waals surface area (Å²) < 4.78 is 0. The Kier molecular flexibility index (Phi) is 6.26. The van der Waals surface area contributed by atoms with Crippen LogP contribution >= 0.6 is 0 Å². The molecule has 1 atom stereocenters. The van der Waals surface area contributed by atoms with Gasteiger partial charge in [-0.3, -0.25) is 9.59 Å². The molecule has 0 aliphatic heterocycles. The molecule has 0 bridgehead atoms. The molecule has 6 heteroatoms. The Morgan fingerprint density at radius 3 is 2.52 bits per heavy atom. The number of phenolic OH excluding ortho intramolecular Hbond substituents is 2. The van der Waals surface area contributed by atoms with E-state index in [4.69, 9.17) is 0 Å². The molecule has 4 N–H and O–H groups in total. The molecule has 1 aromatic carbocycles. The van der Waals surface area contributed by atoms with Crippen molar-refractivity contribution in [2.24, 2.45) is 0 Å². The highest BCUT2D eigenvalue weighted by molar-refractivity contribution is 5.92. The van der Waals surface area contributed by atoms with Crippen LogP contribution in [0.5, 0.6) is 11.5 Å². The summed E-state index contributed by atoms with van der Waals surface area (Å²) in [7, 11) is 0. The van der Waals surface area contributed by atoms with Crippen LogP contribution in [-0.2, 0) is 9.59 Å². The number of nitrogens with one attached hydrogen (secondary N) is 2. The maximum Gasteiger partial charge on any atom is 0.245 e. The molecule has 0 aliphatic carbocycles. The first-order valence-electron chi connectivity index (χ1n) is 6.70. The highest BCUT2D eigenvalue weighted by Crippen LogP contribution is 2.25. The number of phenols is 2. The summed E-state index contributed by atoms with van der Waals surface area (Å²) >= 11 is 0. The lowest BCUT2D eigenvalue weighted by Crippen LogP contribution is -2.46. The van der Waals surface area contributed by atoms with Crippen LogP contribution in [0, 0.1) is 0 Å². The second-order valence-corrected chi connectivity index (χ2v) is 4.63. The lowest BCUT2D eigenvalue weighted by Gasteiger charge is -2.17. The Morgan fingerprint density at radius 1 is 1.24 bits per heavy atom. The molecule has 1 unspecified atom stereocenters. The van der Waals surface area contributed by atoms with Crippen molar-refractivity contribution in [2.75, 3.05) is 0 Å².